The lowest BCUT2D eigenvalue weighted by Gasteiger charge is -2.37. The summed E-state index contributed by atoms with van der Waals surface area (Å²) in [7, 11) is 0. The standard InChI is InChI=1S/C12H16BrN3O/c1-8-2-3-9(12(14)17)7-16(8)11-6-10(13)4-5-15-11/h4-6,8-9H,2-3,7H2,1H3,(H2,14,17)/t8-,9-/m0/s1. The van der Waals surface area contributed by atoms with Crippen LogP contribution in [0.1, 0.15) is 19.8 Å². The van der Waals surface area contributed by atoms with E-state index in [9.17, 15) is 4.79 Å². The first-order valence-electron chi connectivity index (χ1n) is 5.75. The fraction of sp³-hybridized carbons (Fsp3) is 0.500. The molecule has 4 nitrogen and oxygen atoms in total. The summed E-state index contributed by atoms with van der Waals surface area (Å²) < 4.78 is 0.996. The SMILES string of the molecule is C[C@H]1CC[C@H](C(N)=O)CN1c1cc(Br)ccn1. The molecule has 0 spiro atoms. The highest BCUT2D eigenvalue weighted by Crippen LogP contribution is 2.27. The molecule has 1 aliphatic heterocycles. The normalized spacial score (nSPS) is 24.7. The van der Waals surface area contributed by atoms with Crippen LogP contribution in [0.25, 0.3) is 0 Å². The van der Waals surface area contributed by atoms with E-state index >= 15 is 0 Å². The topological polar surface area (TPSA) is 59.2 Å². The third kappa shape index (κ3) is 2.77. The highest BCUT2D eigenvalue weighted by molar-refractivity contribution is 9.10. The highest BCUT2D eigenvalue weighted by Gasteiger charge is 2.29. The second-order valence-electron chi connectivity index (χ2n) is 4.51. The number of hydrogen-bond donors (Lipinski definition) is 1. The molecule has 17 heavy (non-hydrogen) atoms. The first kappa shape index (κ1) is 12.4. The third-order valence-corrected chi connectivity index (χ3v) is 3.78. The molecular weight excluding hydrogens is 282 g/mol. The summed E-state index contributed by atoms with van der Waals surface area (Å²) >= 11 is 3.43. The minimum Gasteiger partial charge on any atom is -0.369 e. The Kier molecular flexibility index (Phi) is 3.66. The monoisotopic (exact) mass is 297 g/mol. The summed E-state index contributed by atoms with van der Waals surface area (Å²) in [6.07, 6.45) is 3.61. The minimum absolute atomic E-state index is 0.0630. The van der Waals surface area contributed by atoms with Crippen LogP contribution >= 0.6 is 15.9 Å². The number of rotatable bonds is 2. The largest absolute Gasteiger partial charge is 0.369 e. The Balaban J connectivity index is 2.20. The molecule has 0 radical (unpaired) electrons. The number of piperidine rings is 1. The molecule has 1 fully saturated rings. The Labute approximate surface area is 109 Å². The predicted molar refractivity (Wildman–Crippen MR) is 70.7 cm³/mol. The number of nitrogens with two attached hydrogens (primary N) is 1. The van der Waals surface area contributed by atoms with E-state index in [0.717, 1.165) is 23.1 Å². The fourth-order valence-corrected chi connectivity index (χ4v) is 2.53. The van der Waals surface area contributed by atoms with Crippen LogP contribution in [-0.2, 0) is 4.79 Å². The second kappa shape index (κ2) is 5.04. The van der Waals surface area contributed by atoms with Gasteiger partial charge >= 0.3 is 0 Å². The molecule has 1 aromatic rings. The number of carbonyl (C=O) groups is 1. The van der Waals surface area contributed by atoms with Gasteiger partial charge in [0.25, 0.3) is 0 Å². The van der Waals surface area contributed by atoms with E-state index in [2.05, 4.69) is 32.7 Å². The van der Waals surface area contributed by atoms with Crippen LogP contribution in [0.3, 0.4) is 0 Å². The number of hydrogen-bond acceptors (Lipinski definition) is 3. The molecule has 2 atom stereocenters. The lowest BCUT2D eigenvalue weighted by molar-refractivity contribution is -0.122. The second-order valence-corrected chi connectivity index (χ2v) is 5.43. The quantitative estimate of drug-likeness (QED) is 0.907. The predicted octanol–water partition coefficient (Wildman–Crippen LogP) is 1.93. The van der Waals surface area contributed by atoms with Gasteiger partial charge in [0.1, 0.15) is 5.82 Å². The molecule has 2 rings (SSSR count). The third-order valence-electron chi connectivity index (χ3n) is 3.29. The van der Waals surface area contributed by atoms with Gasteiger partial charge in [-0.3, -0.25) is 4.79 Å². The summed E-state index contributed by atoms with van der Waals surface area (Å²) in [5, 5.41) is 0. The molecule has 92 valence electrons. The van der Waals surface area contributed by atoms with Crippen molar-refractivity contribution in [1.82, 2.24) is 4.98 Å². The number of nitrogens with zero attached hydrogens (tertiary/aromatic N) is 2. The fourth-order valence-electron chi connectivity index (χ4n) is 2.21. The van der Waals surface area contributed by atoms with Gasteiger partial charge in [0.05, 0.1) is 5.92 Å². The maximum absolute atomic E-state index is 11.3. The first-order valence-corrected chi connectivity index (χ1v) is 6.54. The van der Waals surface area contributed by atoms with Crippen LogP contribution in [0.15, 0.2) is 22.8 Å². The minimum atomic E-state index is -0.211. The summed E-state index contributed by atoms with van der Waals surface area (Å²) in [5.74, 6) is 0.627. The van der Waals surface area contributed by atoms with Crippen LogP contribution in [0.5, 0.6) is 0 Å². The van der Waals surface area contributed by atoms with E-state index in [-0.39, 0.29) is 11.8 Å². The Morgan fingerprint density at radius 3 is 3.00 bits per heavy atom. The Bertz CT molecular complexity index is 424. The van der Waals surface area contributed by atoms with Crippen molar-refractivity contribution in [3.63, 3.8) is 0 Å². The van der Waals surface area contributed by atoms with Gasteiger partial charge in [-0.2, -0.15) is 0 Å². The van der Waals surface area contributed by atoms with Crippen LogP contribution in [0, 0.1) is 5.92 Å². The molecule has 0 aromatic carbocycles. The zero-order valence-electron chi connectivity index (χ0n) is 9.77. The molecule has 0 aliphatic carbocycles. The van der Waals surface area contributed by atoms with Gasteiger partial charge in [-0.05, 0) is 31.9 Å². The number of pyridine rings is 1. The van der Waals surface area contributed by atoms with Gasteiger partial charge in [0.2, 0.25) is 5.91 Å². The van der Waals surface area contributed by atoms with E-state index < -0.39 is 0 Å². The van der Waals surface area contributed by atoms with Crippen molar-refractivity contribution in [3.05, 3.63) is 22.8 Å². The van der Waals surface area contributed by atoms with Gasteiger partial charge in [-0.1, -0.05) is 15.9 Å². The first-order chi connectivity index (χ1) is 8.08. The molecule has 1 amide bonds. The number of primary amides is 1. The zero-order valence-corrected chi connectivity index (χ0v) is 11.4. The van der Waals surface area contributed by atoms with Crippen molar-refractivity contribution < 1.29 is 4.79 Å². The molecule has 1 aromatic heterocycles. The van der Waals surface area contributed by atoms with Crippen LogP contribution in [-0.4, -0.2) is 23.5 Å². The van der Waals surface area contributed by atoms with E-state index in [1.165, 1.54) is 0 Å². The molecule has 2 heterocycles. The molecule has 0 unspecified atom stereocenters. The van der Waals surface area contributed by atoms with Gasteiger partial charge in [-0.15, -0.1) is 0 Å². The van der Waals surface area contributed by atoms with E-state index in [4.69, 9.17) is 5.73 Å². The highest BCUT2D eigenvalue weighted by atomic mass is 79.9. The number of carbonyl (C=O) groups excluding carboxylic acids is 1. The lowest BCUT2D eigenvalue weighted by Crippen LogP contribution is -2.46. The maximum Gasteiger partial charge on any atom is 0.222 e. The Morgan fingerprint density at radius 2 is 2.35 bits per heavy atom. The summed E-state index contributed by atoms with van der Waals surface area (Å²) in [6, 6.07) is 4.26. The van der Waals surface area contributed by atoms with Crippen molar-refractivity contribution in [1.29, 1.82) is 0 Å². The number of aromatic nitrogens is 1. The van der Waals surface area contributed by atoms with Crippen LogP contribution in [0.2, 0.25) is 0 Å². The van der Waals surface area contributed by atoms with Gasteiger partial charge in [-0.25, -0.2) is 4.98 Å². The Hall–Kier alpha value is -1.10. The van der Waals surface area contributed by atoms with E-state index in [0.29, 0.717) is 12.6 Å². The maximum atomic E-state index is 11.3. The van der Waals surface area contributed by atoms with Crippen LogP contribution < -0.4 is 10.6 Å². The van der Waals surface area contributed by atoms with Crippen molar-refractivity contribution >= 4 is 27.7 Å². The number of amides is 1. The summed E-state index contributed by atoms with van der Waals surface area (Å²) in [6.45, 7) is 2.82. The Morgan fingerprint density at radius 1 is 1.59 bits per heavy atom. The number of anilines is 1. The molecule has 0 bridgehead atoms. The van der Waals surface area contributed by atoms with Crippen molar-refractivity contribution in [2.24, 2.45) is 11.7 Å². The van der Waals surface area contributed by atoms with Crippen molar-refractivity contribution in [3.8, 4) is 0 Å². The summed E-state index contributed by atoms with van der Waals surface area (Å²) in [4.78, 5) is 17.8. The zero-order chi connectivity index (χ0) is 12.4. The average molecular weight is 298 g/mol. The molecule has 1 saturated heterocycles. The molecule has 1 aliphatic rings. The van der Waals surface area contributed by atoms with E-state index in [1.807, 2.05) is 12.1 Å². The van der Waals surface area contributed by atoms with Crippen LogP contribution in [0.4, 0.5) is 5.82 Å². The van der Waals surface area contributed by atoms with Gasteiger partial charge in [0.15, 0.2) is 0 Å². The van der Waals surface area contributed by atoms with Gasteiger partial charge < -0.3 is 10.6 Å². The van der Waals surface area contributed by atoms with E-state index in [1.54, 1.807) is 6.20 Å². The average Bonchev–Trinajstić information content (AvgIpc) is 2.29. The smallest absolute Gasteiger partial charge is 0.222 e. The van der Waals surface area contributed by atoms with Gasteiger partial charge in [0, 0.05) is 23.3 Å². The lowest BCUT2D eigenvalue weighted by atomic mass is 9.93. The molecule has 0 saturated carbocycles. The molecular formula is C12H16BrN3O. The van der Waals surface area contributed by atoms with Crippen molar-refractivity contribution in [2.75, 3.05) is 11.4 Å². The van der Waals surface area contributed by atoms with Crippen molar-refractivity contribution in [2.45, 2.75) is 25.8 Å². The molecule has 2 N–H and O–H groups in total. The molecule has 5 heteroatoms. The number of halogens is 1. The summed E-state index contributed by atoms with van der Waals surface area (Å²) in [5.41, 5.74) is 5.39.